The molecule has 2 aromatic rings. The monoisotopic (exact) mass is 342 g/mol. The molecule has 130 valence electrons. The maximum absolute atomic E-state index is 11.9. The maximum atomic E-state index is 11.9. The molecule has 0 radical (unpaired) electrons. The van der Waals surface area contributed by atoms with Crippen LogP contribution < -0.4 is 14.4 Å². The van der Waals surface area contributed by atoms with Gasteiger partial charge in [0.15, 0.2) is 0 Å². The molecule has 0 unspecified atom stereocenters. The number of nitro groups is 1. The van der Waals surface area contributed by atoms with Crippen molar-refractivity contribution in [3.8, 4) is 11.5 Å². The zero-order valence-corrected chi connectivity index (χ0v) is 14.1. The molecule has 0 aliphatic heterocycles. The number of benzene rings is 2. The van der Waals surface area contributed by atoms with Crippen LogP contribution in [0.4, 0.5) is 11.4 Å². The lowest BCUT2D eigenvalue weighted by Crippen LogP contribution is -2.10. The van der Waals surface area contributed by atoms with Crippen molar-refractivity contribution in [2.24, 2.45) is 0 Å². The summed E-state index contributed by atoms with van der Waals surface area (Å²) in [5.41, 5.74) is 1.63. The lowest BCUT2D eigenvalue weighted by Gasteiger charge is -2.16. The molecule has 2 aromatic carbocycles. The number of carbonyl (C=O) groups is 1. The Hall–Kier alpha value is -3.35. The minimum Gasteiger partial charge on any atom is -0.495 e. The van der Waals surface area contributed by atoms with Crippen molar-refractivity contribution < 1.29 is 19.2 Å². The zero-order chi connectivity index (χ0) is 18.4. The van der Waals surface area contributed by atoms with Gasteiger partial charge in [-0.25, -0.2) is 4.79 Å². The highest BCUT2D eigenvalue weighted by Crippen LogP contribution is 2.28. The molecule has 0 N–H and O–H groups in total. The van der Waals surface area contributed by atoms with Crippen LogP contribution >= 0.6 is 0 Å². The van der Waals surface area contributed by atoms with Gasteiger partial charge in [0.05, 0.1) is 17.7 Å². The van der Waals surface area contributed by atoms with Crippen molar-refractivity contribution >= 4 is 23.4 Å². The summed E-state index contributed by atoms with van der Waals surface area (Å²) < 4.78 is 10.4. The summed E-state index contributed by atoms with van der Waals surface area (Å²) in [6.07, 6.45) is 2.92. The number of methoxy groups -OCH3 is 1. The van der Waals surface area contributed by atoms with E-state index in [2.05, 4.69) is 0 Å². The number of ether oxygens (including phenoxy) is 2. The first kappa shape index (κ1) is 18.0. The van der Waals surface area contributed by atoms with E-state index in [0.717, 1.165) is 17.0 Å². The Labute approximate surface area is 145 Å². The molecule has 25 heavy (non-hydrogen) atoms. The third-order valence-electron chi connectivity index (χ3n) is 3.36. The molecule has 2 rings (SSSR count). The molecular formula is C18H18N2O5. The van der Waals surface area contributed by atoms with E-state index in [-0.39, 0.29) is 11.4 Å². The summed E-state index contributed by atoms with van der Waals surface area (Å²) >= 11 is 0. The van der Waals surface area contributed by atoms with E-state index in [1.54, 1.807) is 13.2 Å². The smallest absolute Gasteiger partial charge is 0.336 e. The van der Waals surface area contributed by atoms with Crippen LogP contribution in [0.5, 0.6) is 11.5 Å². The lowest BCUT2D eigenvalue weighted by atomic mass is 10.1. The van der Waals surface area contributed by atoms with Gasteiger partial charge in [-0.1, -0.05) is 6.07 Å². The van der Waals surface area contributed by atoms with Crippen LogP contribution in [0.3, 0.4) is 0 Å². The molecule has 0 saturated carbocycles. The van der Waals surface area contributed by atoms with Crippen LogP contribution in [0.15, 0.2) is 48.5 Å². The Balaban J connectivity index is 2.07. The van der Waals surface area contributed by atoms with Gasteiger partial charge >= 0.3 is 5.97 Å². The summed E-state index contributed by atoms with van der Waals surface area (Å²) in [4.78, 5) is 23.8. The normalized spacial score (nSPS) is 10.5. The van der Waals surface area contributed by atoms with Gasteiger partial charge in [-0.05, 0) is 35.9 Å². The number of anilines is 1. The van der Waals surface area contributed by atoms with Crippen molar-refractivity contribution in [1.82, 2.24) is 0 Å². The molecular weight excluding hydrogens is 324 g/mol. The average Bonchev–Trinajstić information content (AvgIpc) is 2.60. The molecule has 0 aliphatic carbocycles. The van der Waals surface area contributed by atoms with Crippen molar-refractivity contribution in [3.05, 3.63) is 64.2 Å². The van der Waals surface area contributed by atoms with Gasteiger partial charge in [0.25, 0.3) is 5.69 Å². The molecule has 0 bridgehead atoms. The van der Waals surface area contributed by atoms with Gasteiger partial charge in [0.1, 0.15) is 11.5 Å². The van der Waals surface area contributed by atoms with E-state index in [0.29, 0.717) is 0 Å². The largest absolute Gasteiger partial charge is 0.495 e. The highest BCUT2D eigenvalue weighted by atomic mass is 16.6. The van der Waals surface area contributed by atoms with Crippen molar-refractivity contribution in [1.29, 1.82) is 0 Å². The molecule has 0 aromatic heterocycles. The first-order valence-electron chi connectivity index (χ1n) is 7.40. The number of esters is 1. The number of non-ortho nitro benzene ring substituents is 1. The standard InChI is InChI=1S/C18H18N2O5/c1-19(2)16-12-13(4-10-17(16)24-3)5-11-18(21)25-15-8-6-14(7-9-15)20(22)23/h4-12H,1-3H3. The third-order valence-corrected chi connectivity index (χ3v) is 3.36. The Morgan fingerprint density at radius 2 is 1.84 bits per heavy atom. The number of carbonyl (C=O) groups excluding carboxylic acids is 1. The van der Waals surface area contributed by atoms with Crippen LogP contribution in [0, 0.1) is 10.1 Å². The topological polar surface area (TPSA) is 81.9 Å². The third kappa shape index (κ3) is 4.81. The molecule has 7 heteroatoms. The first-order chi connectivity index (χ1) is 11.9. The van der Waals surface area contributed by atoms with Crippen LogP contribution in [-0.2, 0) is 4.79 Å². The van der Waals surface area contributed by atoms with Gasteiger partial charge in [0, 0.05) is 32.3 Å². The lowest BCUT2D eigenvalue weighted by molar-refractivity contribution is -0.384. The second kappa shape index (κ2) is 7.96. The van der Waals surface area contributed by atoms with E-state index in [1.807, 2.05) is 37.2 Å². The highest BCUT2D eigenvalue weighted by molar-refractivity contribution is 5.89. The second-order valence-electron chi connectivity index (χ2n) is 5.33. The van der Waals surface area contributed by atoms with Crippen LogP contribution in [0.2, 0.25) is 0 Å². The minimum atomic E-state index is -0.573. The second-order valence-corrected chi connectivity index (χ2v) is 5.33. The zero-order valence-electron chi connectivity index (χ0n) is 14.1. The molecule has 0 amide bonds. The van der Waals surface area contributed by atoms with E-state index < -0.39 is 10.9 Å². The van der Waals surface area contributed by atoms with Gasteiger partial charge in [-0.15, -0.1) is 0 Å². The Morgan fingerprint density at radius 1 is 1.16 bits per heavy atom. The van der Waals surface area contributed by atoms with Gasteiger partial charge < -0.3 is 14.4 Å². The van der Waals surface area contributed by atoms with Crippen molar-refractivity contribution in [3.63, 3.8) is 0 Å². The molecule has 0 spiro atoms. The number of rotatable bonds is 6. The Bertz CT molecular complexity index is 798. The predicted molar refractivity (Wildman–Crippen MR) is 95.1 cm³/mol. The minimum absolute atomic E-state index is 0.0650. The predicted octanol–water partition coefficient (Wildman–Crippen LogP) is 3.29. The number of nitro benzene ring substituents is 1. The molecule has 0 heterocycles. The van der Waals surface area contributed by atoms with Gasteiger partial charge in [-0.3, -0.25) is 10.1 Å². The van der Waals surface area contributed by atoms with Crippen molar-refractivity contribution in [2.75, 3.05) is 26.1 Å². The SMILES string of the molecule is COc1ccc(C=CC(=O)Oc2ccc([N+](=O)[O-])cc2)cc1N(C)C. The van der Waals surface area contributed by atoms with Crippen LogP contribution in [0.25, 0.3) is 6.08 Å². The summed E-state index contributed by atoms with van der Waals surface area (Å²) in [6, 6.07) is 10.8. The average molecular weight is 342 g/mol. The van der Waals surface area contributed by atoms with E-state index in [1.165, 1.54) is 30.3 Å². The number of hydrogen-bond donors (Lipinski definition) is 0. The highest BCUT2D eigenvalue weighted by Gasteiger charge is 2.07. The van der Waals surface area contributed by atoms with E-state index in [9.17, 15) is 14.9 Å². The molecule has 0 atom stereocenters. The molecule has 0 fully saturated rings. The van der Waals surface area contributed by atoms with Gasteiger partial charge in [-0.2, -0.15) is 0 Å². The summed E-state index contributed by atoms with van der Waals surface area (Å²) in [7, 11) is 5.39. The Morgan fingerprint density at radius 3 is 2.40 bits per heavy atom. The fraction of sp³-hybridized carbons (Fsp3) is 0.167. The van der Waals surface area contributed by atoms with Crippen molar-refractivity contribution in [2.45, 2.75) is 0 Å². The summed E-state index contributed by atoms with van der Waals surface area (Å²) in [5.74, 6) is 0.399. The van der Waals surface area contributed by atoms with Crippen LogP contribution in [-0.4, -0.2) is 32.1 Å². The Kier molecular flexibility index (Phi) is 5.73. The molecule has 0 saturated heterocycles. The first-order valence-corrected chi connectivity index (χ1v) is 7.40. The molecule has 7 nitrogen and oxygen atoms in total. The molecule has 0 aliphatic rings. The quantitative estimate of drug-likeness (QED) is 0.263. The number of nitrogens with zero attached hydrogens (tertiary/aromatic N) is 2. The number of hydrogen-bond acceptors (Lipinski definition) is 6. The van der Waals surface area contributed by atoms with E-state index >= 15 is 0 Å². The maximum Gasteiger partial charge on any atom is 0.336 e. The fourth-order valence-corrected chi connectivity index (χ4v) is 2.11. The fourth-order valence-electron chi connectivity index (χ4n) is 2.11. The van der Waals surface area contributed by atoms with Gasteiger partial charge in [0.2, 0.25) is 0 Å². The summed E-state index contributed by atoms with van der Waals surface area (Å²) in [5, 5.41) is 10.6. The van der Waals surface area contributed by atoms with E-state index in [4.69, 9.17) is 9.47 Å². The summed E-state index contributed by atoms with van der Waals surface area (Å²) in [6.45, 7) is 0. The van der Waals surface area contributed by atoms with Crippen LogP contribution in [0.1, 0.15) is 5.56 Å².